The Balaban J connectivity index is 1.30. The number of rotatable bonds is 6. The van der Waals surface area contributed by atoms with Crippen molar-refractivity contribution in [3.05, 3.63) is 101 Å². The molecule has 0 N–H and O–H groups in total. The second kappa shape index (κ2) is 10.2. The molecule has 0 unspecified atom stereocenters. The van der Waals surface area contributed by atoms with Crippen LogP contribution < -0.4 is 0 Å². The van der Waals surface area contributed by atoms with Crippen LogP contribution in [0.2, 0.25) is 0 Å². The van der Waals surface area contributed by atoms with E-state index in [1.165, 1.54) is 5.56 Å². The molecule has 2 aromatic carbocycles. The number of nitrogens with zero attached hydrogens (tertiary/aromatic N) is 4. The van der Waals surface area contributed by atoms with Crippen LogP contribution in [0, 0.1) is 6.92 Å². The van der Waals surface area contributed by atoms with Crippen molar-refractivity contribution in [1.82, 2.24) is 19.6 Å². The standard InChI is InChI=1S/C28H28N4OS/c1-22-8-5-12-24(20-22)32-26(21-25(29-32)27-13-7-19-34-27)28(33)31-17-15-30(16-18-31)14-6-11-23-9-3-2-4-10-23/h2-13,19-21H,14-18H2,1H3. The van der Waals surface area contributed by atoms with Crippen molar-refractivity contribution in [3.63, 3.8) is 0 Å². The van der Waals surface area contributed by atoms with Gasteiger partial charge in [0.15, 0.2) is 0 Å². The van der Waals surface area contributed by atoms with E-state index in [9.17, 15) is 4.79 Å². The molecule has 5 rings (SSSR count). The van der Waals surface area contributed by atoms with Crippen molar-refractivity contribution < 1.29 is 4.79 Å². The molecule has 34 heavy (non-hydrogen) atoms. The molecule has 1 saturated heterocycles. The zero-order valence-corrected chi connectivity index (χ0v) is 20.1. The molecular formula is C28H28N4OS. The van der Waals surface area contributed by atoms with E-state index in [2.05, 4.69) is 60.4 Å². The fourth-order valence-electron chi connectivity index (χ4n) is 4.23. The highest BCUT2D eigenvalue weighted by Crippen LogP contribution is 2.27. The molecule has 0 aliphatic carbocycles. The van der Waals surface area contributed by atoms with Crippen LogP contribution in [0.1, 0.15) is 21.6 Å². The molecule has 1 aliphatic rings. The summed E-state index contributed by atoms with van der Waals surface area (Å²) in [4.78, 5) is 19.0. The van der Waals surface area contributed by atoms with Gasteiger partial charge in [0.2, 0.25) is 0 Å². The van der Waals surface area contributed by atoms with E-state index in [1.807, 2.05) is 46.7 Å². The number of hydrogen-bond donors (Lipinski definition) is 0. The quantitative estimate of drug-likeness (QED) is 0.381. The number of amides is 1. The number of aryl methyl sites for hydroxylation is 1. The Labute approximate surface area is 204 Å². The summed E-state index contributed by atoms with van der Waals surface area (Å²) in [5.41, 5.74) is 4.72. The number of carbonyl (C=O) groups is 1. The fraction of sp³-hybridized carbons (Fsp3) is 0.214. The second-order valence-electron chi connectivity index (χ2n) is 8.55. The Bertz CT molecular complexity index is 1270. The first kappa shape index (κ1) is 22.3. The van der Waals surface area contributed by atoms with E-state index in [-0.39, 0.29) is 5.91 Å². The topological polar surface area (TPSA) is 41.4 Å². The Morgan fingerprint density at radius 1 is 0.971 bits per heavy atom. The van der Waals surface area contributed by atoms with Gasteiger partial charge in [-0.25, -0.2) is 4.68 Å². The summed E-state index contributed by atoms with van der Waals surface area (Å²) in [5.74, 6) is 0.0382. The first-order valence-corrected chi connectivity index (χ1v) is 12.5. The molecule has 0 bridgehead atoms. The fourth-order valence-corrected chi connectivity index (χ4v) is 4.91. The average Bonchev–Trinajstić information content (AvgIpc) is 3.55. The number of thiophene rings is 1. The van der Waals surface area contributed by atoms with Crippen molar-refractivity contribution >= 4 is 23.3 Å². The lowest BCUT2D eigenvalue weighted by atomic mass is 10.2. The third kappa shape index (κ3) is 5.03. The Hall–Kier alpha value is -3.48. The zero-order valence-electron chi connectivity index (χ0n) is 19.3. The van der Waals surface area contributed by atoms with Crippen LogP contribution in [-0.4, -0.2) is 58.2 Å². The van der Waals surface area contributed by atoms with Crippen LogP contribution in [0.4, 0.5) is 0 Å². The van der Waals surface area contributed by atoms with E-state index in [0.29, 0.717) is 18.8 Å². The van der Waals surface area contributed by atoms with Gasteiger partial charge in [-0.2, -0.15) is 5.10 Å². The molecule has 0 saturated carbocycles. The minimum absolute atomic E-state index is 0.0382. The van der Waals surface area contributed by atoms with Crippen molar-refractivity contribution in [2.75, 3.05) is 32.7 Å². The third-order valence-electron chi connectivity index (χ3n) is 6.08. The predicted molar refractivity (Wildman–Crippen MR) is 139 cm³/mol. The van der Waals surface area contributed by atoms with Gasteiger partial charge in [-0.1, -0.05) is 60.7 Å². The zero-order chi connectivity index (χ0) is 23.3. The van der Waals surface area contributed by atoms with Gasteiger partial charge in [-0.15, -0.1) is 11.3 Å². The van der Waals surface area contributed by atoms with E-state index in [1.54, 1.807) is 16.0 Å². The summed E-state index contributed by atoms with van der Waals surface area (Å²) in [7, 11) is 0. The molecule has 0 spiro atoms. The van der Waals surface area contributed by atoms with Gasteiger partial charge >= 0.3 is 0 Å². The smallest absolute Gasteiger partial charge is 0.272 e. The lowest BCUT2D eigenvalue weighted by Gasteiger charge is -2.34. The molecular weight excluding hydrogens is 440 g/mol. The molecule has 1 aliphatic heterocycles. The lowest BCUT2D eigenvalue weighted by Crippen LogP contribution is -2.49. The minimum Gasteiger partial charge on any atom is -0.335 e. The summed E-state index contributed by atoms with van der Waals surface area (Å²) < 4.78 is 1.80. The van der Waals surface area contributed by atoms with Gasteiger partial charge in [-0.3, -0.25) is 9.69 Å². The van der Waals surface area contributed by atoms with E-state index in [4.69, 9.17) is 5.10 Å². The molecule has 1 fully saturated rings. The SMILES string of the molecule is Cc1cccc(-n2nc(-c3cccs3)cc2C(=O)N2CCN(CC=Cc3ccccc3)CC2)c1. The van der Waals surface area contributed by atoms with Gasteiger partial charge in [0.05, 0.1) is 10.6 Å². The molecule has 4 aromatic rings. The Morgan fingerprint density at radius 2 is 1.79 bits per heavy atom. The maximum absolute atomic E-state index is 13.6. The molecule has 1 amide bonds. The Kier molecular flexibility index (Phi) is 6.70. The second-order valence-corrected chi connectivity index (χ2v) is 9.50. The van der Waals surface area contributed by atoms with E-state index in [0.717, 1.165) is 41.5 Å². The molecule has 172 valence electrons. The Morgan fingerprint density at radius 3 is 2.53 bits per heavy atom. The molecule has 0 atom stereocenters. The minimum atomic E-state index is 0.0382. The molecule has 3 heterocycles. The van der Waals surface area contributed by atoms with Crippen LogP contribution >= 0.6 is 11.3 Å². The predicted octanol–water partition coefficient (Wildman–Crippen LogP) is 5.38. The number of hydrogen-bond acceptors (Lipinski definition) is 4. The highest BCUT2D eigenvalue weighted by molar-refractivity contribution is 7.13. The van der Waals surface area contributed by atoms with Crippen LogP contribution in [0.3, 0.4) is 0 Å². The van der Waals surface area contributed by atoms with Crippen LogP contribution in [0.25, 0.3) is 22.3 Å². The van der Waals surface area contributed by atoms with Crippen molar-refractivity contribution in [2.24, 2.45) is 0 Å². The van der Waals surface area contributed by atoms with Crippen molar-refractivity contribution in [2.45, 2.75) is 6.92 Å². The number of aromatic nitrogens is 2. The summed E-state index contributed by atoms with van der Waals surface area (Å²) in [6.45, 7) is 6.10. The van der Waals surface area contributed by atoms with Crippen molar-refractivity contribution in [3.8, 4) is 16.3 Å². The normalized spacial score (nSPS) is 14.7. The van der Waals surface area contributed by atoms with E-state index < -0.39 is 0 Å². The maximum atomic E-state index is 13.6. The number of carbonyl (C=O) groups excluding carboxylic acids is 1. The first-order valence-electron chi connectivity index (χ1n) is 11.6. The van der Waals surface area contributed by atoms with Crippen molar-refractivity contribution in [1.29, 1.82) is 0 Å². The average molecular weight is 469 g/mol. The van der Waals surface area contributed by atoms with Gasteiger partial charge in [0.1, 0.15) is 11.4 Å². The number of benzene rings is 2. The molecule has 0 radical (unpaired) electrons. The molecule has 5 nitrogen and oxygen atoms in total. The highest BCUT2D eigenvalue weighted by Gasteiger charge is 2.26. The van der Waals surface area contributed by atoms with Crippen LogP contribution in [-0.2, 0) is 0 Å². The molecule has 6 heteroatoms. The molecule has 2 aromatic heterocycles. The maximum Gasteiger partial charge on any atom is 0.272 e. The van der Waals surface area contributed by atoms with Gasteiger partial charge in [0.25, 0.3) is 5.91 Å². The summed E-state index contributed by atoms with van der Waals surface area (Å²) in [6, 6.07) is 24.5. The van der Waals surface area contributed by atoms with E-state index >= 15 is 0 Å². The summed E-state index contributed by atoms with van der Waals surface area (Å²) in [6.07, 6.45) is 4.36. The van der Waals surface area contributed by atoms with Gasteiger partial charge < -0.3 is 4.90 Å². The summed E-state index contributed by atoms with van der Waals surface area (Å²) >= 11 is 1.64. The largest absolute Gasteiger partial charge is 0.335 e. The summed E-state index contributed by atoms with van der Waals surface area (Å²) in [5, 5.41) is 6.86. The first-order chi connectivity index (χ1) is 16.7. The highest BCUT2D eigenvalue weighted by atomic mass is 32.1. The van der Waals surface area contributed by atoms with Gasteiger partial charge in [0, 0.05) is 32.7 Å². The van der Waals surface area contributed by atoms with Crippen LogP contribution in [0.5, 0.6) is 0 Å². The number of piperazine rings is 1. The van der Waals surface area contributed by atoms with Crippen LogP contribution in [0.15, 0.2) is 84.3 Å². The monoisotopic (exact) mass is 468 g/mol. The lowest BCUT2D eigenvalue weighted by molar-refractivity contribution is 0.0641. The van der Waals surface area contributed by atoms with Gasteiger partial charge in [-0.05, 0) is 47.7 Å². The third-order valence-corrected chi connectivity index (χ3v) is 6.97.